The van der Waals surface area contributed by atoms with Crippen molar-refractivity contribution < 1.29 is 0 Å². The van der Waals surface area contributed by atoms with Gasteiger partial charge in [0, 0.05) is 0 Å². The van der Waals surface area contributed by atoms with Crippen molar-refractivity contribution in [2.45, 2.75) is 12.8 Å². The van der Waals surface area contributed by atoms with Gasteiger partial charge in [-0.2, -0.15) is 0 Å². The van der Waals surface area contributed by atoms with Gasteiger partial charge in [0.15, 0.2) is 0 Å². The van der Waals surface area contributed by atoms with Gasteiger partial charge >= 0.3 is 0 Å². The minimum Gasteiger partial charge on any atom is -0.0795 e. The van der Waals surface area contributed by atoms with Gasteiger partial charge in [0.25, 0.3) is 0 Å². The first-order chi connectivity index (χ1) is 11.8. The van der Waals surface area contributed by atoms with Crippen LogP contribution in [0.2, 0.25) is 0 Å². The van der Waals surface area contributed by atoms with E-state index in [0.29, 0.717) is 0 Å². The molecule has 6 rings (SSSR count). The zero-order valence-corrected chi connectivity index (χ0v) is 13.3. The van der Waals surface area contributed by atoms with Crippen molar-refractivity contribution in [1.82, 2.24) is 0 Å². The quantitative estimate of drug-likeness (QED) is 0.335. The van der Waals surface area contributed by atoms with Gasteiger partial charge in [-0.15, -0.1) is 0 Å². The second-order valence-electron chi connectivity index (χ2n) is 7.06. The summed E-state index contributed by atoms with van der Waals surface area (Å²) >= 11 is 0. The van der Waals surface area contributed by atoms with E-state index in [4.69, 9.17) is 0 Å². The SMILES string of the molecule is C1=Cc2cc3cc4cc5cc6c(cc5cc4cc3cc2C1)C=CC6. The topological polar surface area (TPSA) is 0 Å². The Balaban J connectivity index is 1.68. The molecule has 0 radical (unpaired) electrons. The van der Waals surface area contributed by atoms with Crippen LogP contribution in [0, 0.1) is 0 Å². The summed E-state index contributed by atoms with van der Waals surface area (Å²) in [7, 11) is 0. The van der Waals surface area contributed by atoms with Gasteiger partial charge in [0.2, 0.25) is 0 Å². The Morgan fingerprint density at radius 1 is 0.417 bits per heavy atom. The molecule has 2 aliphatic carbocycles. The zero-order valence-electron chi connectivity index (χ0n) is 13.3. The van der Waals surface area contributed by atoms with Crippen molar-refractivity contribution >= 4 is 44.5 Å². The molecule has 2 aliphatic rings. The second-order valence-corrected chi connectivity index (χ2v) is 7.06. The highest BCUT2D eigenvalue weighted by atomic mass is 14.1. The molecule has 0 heterocycles. The Hall–Kier alpha value is -2.86. The minimum atomic E-state index is 1.07. The lowest BCUT2D eigenvalue weighted by molar-refractivity contribution is 1.32. The Bertz CT molecular complexity index is 1140. The van der Waals surface area contributed by atoms with Gasteiger partial charge in [-0.1, -0.05) is 36.4 Å². The van der Waals surface area contributed by atoms with Crippen LogP contribution < -0.4 is 0 Å². The molecule has 4 aromatic rings. The Morgan fingerprint density at radius 2 is 0.792 bits per heavy atom. The molecule has 0 bridgehead atoms. The molecule has 0 fully saturated rings. The van der Waals surface area contributed by atoms with Crippen molar-refractivity contribution in [2.24, 2.45) is 0 Å². The summed E-state index contributed by atoms with van der Waals surface area (Å²) in [5, 5.41) is 8.06. The summed E-state index contributed by atoms with van der Waals surface area (Å²) in [5.41, 5.74) is 5.66. The molecule has 0 unspecified atom stereocenters. The number of fused-ring (bicyclic) bond motifs is 5. The fourth-order valence-corrected chi connectivity index (χ4v) is 4.27. The molecular formula is C24H16. The lowest BCUT2D eigenvalue weighted by Gasteiger charge is -2.09. The predicted molar refractivity (Wildman–Crippen MR) is 104 cm³/mol. The number of rotatable bonds is 0. The molecule has 0 aliphatic heterocycles. The third-order valence-corrected chi connectivity index (χ3v) is 5.54. The van der Waals surface area contributed by atoms with Crippen LogP contribution in [-0.4, -0.2) is 0 Å². The average molecular weight is 304 g/mol. The fraction of sp³-hybridized carbons (Fsp3) is 0.0833. The minimum absolute atomic E-state index is 1.07. The van der Waals surface area contributed by atoms with E-state index in [-0.39, 0.29) is 0 Å². The monoisotopic (exact) mass is 304 g/mol. The molecule has 0 atom stereocenters. The van der Waals surface area contributed by atoms with Crippen LogP contribution >= 0.6 is 0 Å². The first-order valence-electron chi connectivity index (χ1n) is 8.64. The molecule has 112 valence electrons. The lowest BCUT2D eigenvalue weighted by atomic mass is 9.95. The molecule has 0 amide bonds. The summed E-state index contributed by atoms with van der Waals surface area (Å²) in [6.45, 7) is 0. The van der Waals surface area contributed by atoms with Gasteiger partial charge in [0.05, 0.1) is 0 Å². The molecule has 0 N–H and O–H groups in total. The first kappa shape index (κ1) is 12.5. The summed E-state index contributed by atoms with van der Waals surface area (Å²) in [6.07, 6.45) is 11.1. The predicted octanol–water partition coefficient (Wildman–Crippen LogP) is 6.28. The molecule has 24 heavy (non-hydrogen) atoms. The largest absolute Gasteiger partial charge is 0.0795 e. The highest BCUT2D eigenvalue weighted by Crippen LogP contribution is 2.33. The van der Waals surface area contributed by atoms with Crippen LogP contribution in [0.25, 0.3) is 44.5 Å². The van der Waals surface area contributed by atoms with E-state index < -0.39 is 0 Å². The van der Waals surface area contributed by atoms with E-state index in [1.165, 1.54) is 54.6 Å². The van der Waals surface area contributed by atoms with Crippen LogP contribution in [0.15, 0.2) is 60.7 Å². The third kappa shape index (κ3) is 1.68. The molecular weight excluding hydrogens is 288 g/mol. The molecule has 0 saturated heterocycles. The van der Waals surface area contributed by atoms with Crippen molar-refractivity contribution in [3.63, 3.8) is 0 Å². The van der Waals surface area contributed by atoms with Crippen LogP contribution in [0.3, 0.4) is 0 Å². The van der Waals surface area contributed by atoms with Crippen molar-refractivity contribution in [3.8, 4) is 0 Å². The number of hydrogen-bond donors (Lipinski definition) is 0. The summed E-state index contributed by atoms with van der Waals surface area (Å²) < 4.78 is 0. The summed E-state index contributed by atoms with van der Waals surface area (Å²) in [6, 6.07) is 18.8. The van der Waals surface area contributed by atoms with E-state index in [9.17, 15) is 0 Å². The van der Waals surface area contributed by atoms with Crippen LogP contribution in [-0.2, 0) is 12.8 Å². The first-order valence-corrected chi connectivity index (χ1v) is 8.64. The van der Waals surface area contributed by atoms with Gasteiger partial charge in [0.1, 0.15) is 0 Å². The van der Waals surface area contributed by atoms with Crippen LogP contribution in [0.5, 0.6) is 0 Å². The summed E-state index contributed by atoms with van der Waals surface area (Å²) in [5.74, 6) is 0. The normalized spacial score (nSPS) is 14.8. The van der Waals surface area contributed by atoms with Crippen LogP contribution in [0.4, 0.5) is 0 Å². The molecule has 0 spiro atoms. The molecule has 0 aromatic heterocycles. The standard InChI is InChI=1S/C24H16/c1-3-15-7-19-11-23-13-21-9-17-5-2-6-18(17)10-22(21)14-24(23)12-20(19)8-16(15)4-1/h1-3,6-14H,4-5H2. The zero-order chi connectivity index (χ0) is 15.7. The van der Waals surface area contributed by atoms with Crippen molar-refractivity contribution in [3.05, 3.63) is 82.9 Å². The van der Waals surface area contributed by atoms with Gasteiger partial charge in [-0.05, 0) is 104 Å². The van der Waals surface area contributed by atoms with Crippen molar-refractivity contribution in [1.29, 1.82) is 0 Å². The lowest BCUT2D eigenvalue weighted by Crippen LogP contribution is -1.86. The van der Waals surface area contributed by atoms with Crippen LogP contribution in [0.1, 0.15) is 22.3 Å². The van der Waals surface area contributed by atoms with Gasteiger partial charge in [-0.3, -0.25) is 0 Å². The van der Waals surface area contributed by atoms with Crippen molar-refractivity contribution in [2.75, 3.05) is 0 Å². The van der Waals surface area contributed by atoms with E-state index in [1.54, 1.807) is 0 Å². The highest BCUT2D eigenvalue weighted by Gasteiger charge is 2.10. The molecule has 0 nitrogen and oxygen atoms in total. The number of benzene rings is 4. The maximum atomic E-state index is 2.36. The van der Waals surface area contributed by atoms with E-state index >= 15 is 0 Å². The Kier molecular flexibility index (Phi) is 2.28. The van der Waals surface area contributed by atoms with Gasteiger partial charge < -0.3 is 0 Å². The fourth-order valence-electron chi connectivity index (χ4n) is 4.27. The smallest absolute Gasteiger partial charge is 0.00880 e. The molecule has 0 heteroatoms. The van der Waals surface area contributed by atoms with Gasteiger partial charge in [-0.25, -0.2) is 0 Å². The highest BCUT2D eigenvalue weighted by molar-refractivity contribution is 6.06. The number of hydrogen-bond acceptors (Lipinski definition) is 0. The average Bonchev–Trinajstić information content (AvgIpc) is 3.22. The Morgan fingerprint density at radius 3 is 1.25 bits per heavy atom. The number of allylic oxidation sites excluding steroid dienone is 2. The molecule has 0 saturated carbocycles. The Labute approximate surface area is 140 Å². The molecule has 4 aromatic carbocycles. The van der Waals surface area contributed by atoms with E-state index in [2.05, 4.69) is 72.8 Å². The second kappa shape index (κ2) is 4.36. The summed E-state index contributed by atoms with van der Waals surface area (Å²) in [4.78, 5) is 0. The van der Waals surface area contributed by atoms with E-state index in [0.717, 1.165) is 12.8 Å². The third-order valence-electron chi connectivity index (χ3n) is 5.54. The van der Waals surface area contributed by atoms with E-state index in [1.807, 2.05) is 0 Å². The maximum Gasteiger partial charge on any atom is -0.00880 e. The maximum absolute atomic E-state index is 2.36.